The number of carbonyl (C=O) groups is 1. The molecule has 1 rings (SSSR count). The normalized spacial score (nSPS) is 11.2. The van der Waals surface area contributed by atoms with Gasteiger partial charge in [-0.3, -0.25) is 4.79 Å². The standard InChI is InChI=1S/C13H20N2O4S/c1-4-5-8-15-13(16)10-6-7-11(19-3)12(9-10)20(17,18)14-2/h6-7,9,14H,4-5,8H2,1-3H3,(H,15,16). The van der Waals surface area contributed by atoms with E-state index in [-0.39, 0.29) is 22.1 Å². The van der Waals surface area contributed by atoms with Crippen LogP contribution in [0.1, 0.15) is 30.1 Å². The minimum absolute atomic E-state index is 0.0503. The summed E-state index contributed by atoms with van der Waals surface area (Å²) in [5.41, 5.74) is 0.288. The van der Waals surface area contributed by atoms with Crippen LogP contribution in [0.2, 0.25) is 0 Å². The lowest BCUT2D eigenvalue weighted by Crippen LogP contribution is -2.25. The number of rotatable bonds is 7. The maximum Gasteiger partial charge on any atom is 0.251 e. The maximum atomic E-state index is 11.9. The molecule has 0 saturated heterocycles. The fraction of sp³-hybridized carbons (Fsp3) is 0.462. The van der Waals surface area contributed by atoms with Crippen LogP contribution in [0.15, 0.2) is 23.1 Å². The van der Waals surface area contributed by atoms with Gasteiger partial charge in [0, 0.05) is 12.1 Å². The quantitative estimate of drug-likeness (QED) is 0.739. The molecule has 7 heteroatoms. The first kappa shape index (κ1) is 16.5. The molecule has 0 spiro atoms. The van der Waals surface area contributed by atoms with Crippen molar-refractivity contribution >= 4 is 15.9 Å². The molecule has 0 atom stereocenters. The third kappa shape index (κ3) is 3.94. The lowest BCUT2D eigenvalue weighted by Gasteiger charge is -2.11. The van der Waals surface area contributed by atoms with Crippen LogP contribution in [-0.2, 0) is 10.0 Å². The van der Waals surface area contributed by atoms with Crippen LogP contribution >= 0.6 is 0 Å². The predicted octanol–water partition coefficient (Wildman–Crippen LogP) is 1.13. The molecule has 1 amide bonds. The molecule has 2 N–H and O–H groups in total. The summed E-state index contributed by atoms with van der Waals surface area (Å²) in [5.74, 6) is -0.0990. The third-order valence-electron chi connectivity index (χ3n) is 2.80. The van der Waals surface area contributed by atoms with E-state index >= 15 is 0 Å². The zero-order valence-electron chi connectivity index (χ0n) is 11.9. The van der Waals surface area contributed by atoms with E-state index in [9.17, 15) is 13.2 Å². The van der Waals surface area contributed by atoms with Crippen LogP contribution in [0.3, 0.4) is 0 Å². The average molecular weight is 300 g/mol. The molecule has 1 aromatic carbocycles. The second-order valence-electron chi connectivity index (χ2n) is 4.18. The van der Waals surface area contributed by atoms with Crippen molar-refractivity contribution in [2.24, 2.45) is 0 Å². The van der Waals surface area contributed by atoms with Gasteiger partial charge in [0.1, 0.15) is 10.6 Å². The van der Waals surface area contributed by atoms with Gasteiger partial charge in [-0.05, 0) is 31.7 Å². The molecule has 0 aliphatic rings. The van der Waals surface area contributed by atoms with Crippen LogP contribution in [0, 0.1) is 0 Å². The Morgan fingerprint density at radius 2 is 2.05 bits per heavy atom. The van der Waals surface area contributed by atoms with Crippen molar-refractivity contribution in [3.05, 3.63) is 23.8 Å². The molecule has 0 unspecified atom stereocenters. The third-order valence-corrected chi connectivity index (χ3v) is 4.24. The van der Waals surface area contributed by atoms with Gasteiger partial charge in [-0.25, -0.2) is 13.1 Å². The molecule has 112 valence electrons. The molecule has 0 aliphatic carbocycles. The van der Waals surface area contributed by atoms with Crippen LogP contribution in [0.25, 0.3) is 0 Å². The number of nitrogens with one attached hydrogen (secondary N) is 2. The average Bonchev–Trinajstić information content (AvgIpc) is 2.46. The number of methoxy groups -OCH3 is 1. The van der Waals surface area contributed by atoms with Crippen molar-refractivity contribution in [2.75, 3.05) is 20.7 Å². The number of ether oxygens (including phenoxy) is 1. The molecule has 0 aliphatic heterocycles. The van der Waals surface area contributed by atoms with Crippen molar-refractivity contribution in [1.29, 1.82) is 0 Å². The van der Waals surface area contributed by atoms with E-state index in [0.717, 1.165) is 12.8 Å². The highest BCUT2D eigenvalue weighted by atomic mass is 32.2. The number of sulfonamides is 1. The van der Waals surface area contributed by atoms with Crippen LogP contribution in [0.5, 0.6) is 5.75 Å². The molecule has 0 aromatic heterocycles. The van der Waals surface area contributed by atoms with E-state index in [1.165, 1.54) is 32.4 Å². The second-order valence-corrected chi connectivity index (χ2v) is 6.04. The van der Waals surface area contributed by atoms with E-state index in [2.05, 4.69) is 10.0 Å². The molecule has 0 bridgehead atoms. The Bertz CT molecular complexity index is 570. The Hall–Kier alpha value is -1.60. The number of hydrogen-bond acceptors (Lipinski definition) is 4. The first-order valence-corrected chi connectivity index (χ1v) is 7.84. The highest BCUT2D eigenvalue weighted by molar-refractivity contribution is 7.89. The van der Waals surface area contributed by atoms with Gasteiger partial charge >= 0.3 is 0 Å². The minimum atomic E-state index is -3.68. The van der Waals surface area contributed by atoms with Crippen molar-refractivity contribution in [3.63, 3.8) is 0 Å². The van der Waals surface area contributed by atoms with E-state index in [1.54, 1.807) is 0 Å². The summed E-state index contributed by atoms with van der Waals surface area (Å²) in [7, 11) is -0.989. The van der Waals surface area contributed by atoms with Gasteiger partial charge in [-0.2, -0.15) is 0 Å². The summed E-state index contributed by atoms with van der Waals surface area (Å²) < 4.78 is 31.0. The number of amides is 1. The van der Waals surface area contributed by atoms with E-state index in [1.807, 2.05) is 6.92 Å². The van der Waals surface area contributed by atoms with E-state index in [4.69, 9.17) is 4.74 Å². The molecule has 6 nitrogen and oxygen atoms in total. The molecule has 20 heavy (non-hydrogen) atoms. The molecular formula is C13H20N2O4S. The second kappa shape index (κ2) is 7.25. The van der Waals surface area contributed by atoms with Crippen molar-refractivity contribution in [3.8, 4) is 5.75 Å². The lowest BCUT2D eigenvalue weighted by molar-refractivity contribution is 0.0953. The zero-order valence-corrected chi connectivity index (χ0v) is 12.7. The Morgan fingerprint density at radius 1 is 1.35 bits per heavy atom. The lowest BCUT2D eigenvalue weighted by atomic mass is 10.2. The topological polar surface area (TPSA) is 84.5 Å². The van der Waals surface area contributed by atoms with Crippen LogP contribution < -0.4 is 14.8 Å². The minimum Gasteiger partial charge on any atom is -0.495 e. The molecule has 0 saturated carbocycles. The number of unbranched alkanes of at least 4 members (excludes halogenated alkanes) is 1. The van der Waals surface area contributed by atoms with Gasteiger partial charge < -0.3 is 10.1 Å². The summed E-state index contributed by atoms with van der Waals surface area (Å²) >= 11 is 0. The van der Waals surface area contributed by atoms with Crippen molar-refractivity contribution in [2.45, 2.75) is 24.7 Å². The summed E-state index contributed by atoms with van der Waals surface area (Å²) in [4.78, 5) is 11.9. The van der Waals surface area contributed by atoms with Gasteiger partial charge in [-0.15, -0.1) is 0 Å². The van der Waals surface area contributed by atoms with E-state index < -0.39 is 10.0 Å². The number of carbonyl (C=O) groups excluding carboxylic acids is 1. The Labute approximate surface area is 119 Å². The van der Waals surface area contributed by atoms with Crippen LogP contribution in [-0.4, -0.2) is 35.0 Å². The first-order valence-electron chi connectivity index (χ1n) is 6.36. The maximum absolute atomic E-state index is 11.9. The summed E-state index contributed by atoms with van der Waals surface area (Å²) in [6.45, 7) is 2.59. The molecular weight excluding hydrogens is 280 g/mol. The Kier molecular flexibility index (Phi) is 5.97. The zero-order chi connectivity index (χ0) is 15.2. The van der Waals surface area contributed by atoms with E-state index in [0.29, 0.717) is 6.54 Å². The SMILES string of the molecule is CCCCNC(=O)c1ccc(OC)c(S(=O)(=O)NC)c1. The first-order chi connectivity index (χ1) is 9.46. The molecule has 1 aromatic rings. The monoisotopic (exact) mass is 300 g/mol. The Morgan fingerprint density at radius 3 is 2.60 bits per heavy atom. The fourth-order valence-electron chi connectivity index (χ4n) is 1.62. The smallest absolute Gasteiger partial charge is 0.251 e. The molecule has 0 radical (unpaired) electrons. The highest BCUT2D eigenvalue weighted by Gasteiger charge is 2.19. The highest BCUT2D eigenvalue weighted by Crippen LogP contribution is 2.24. The van der Waals surface area contributed by atoms with Gasteiger partial charge in [0.05, 0.1) is 7.11 Å². The van der Waals surface area contributed by atoms with Gasteiger partial charge in [0.25, 0.3) is 5.91 Å². The summed E-state index contributed by atoms with van der Waals surface area (Å²) in [6.07, 6.45) is 1.85. The van der Waals surface area contributed by atoms with Crippen LogP contribution in [0.4, 0.5) is 0 Å². The van der Waals surface area contributed by atoms with Gasteiger partial charge in [0.2, 0.25) is 10.0 Å². The van der Waals surface area contributed by atoms with Gasteiger partial charge in [-0.1, -0.05) is 13.3 Å². The largest absolute Gasteiger partial charge is 0.495 e. The summed E-state index contributed by atoms with van der Waals surface area (Å²) in [6, 6.07) is 4.32. The Balaban J connectivity index is 3.07. The number of hydrogen-bond donors (Lipinski definition) is 2. The fourth-order valence-corrected chi connectivity index (χ4v) is 2.54. The summed E-state index contributed by atoms with van der Waals surface area (Å²) in [5, 5.41) is 2.74. The predicted molar refractivity (Wildman–Crippen MR) is 76.5 cm³/mol. The number of benzene rings is 1. The van der Waals surface area contributed by atoms with Crippen molar-refractivity contribution < 1.29 is 17.9 Å². The molecule has 0 heterocycles. The molecule has 0 fully saturated rings. The van der Waals surface area contributed by atoms with Gasteiger partial charge in [0.15, 0.2) is 0 Å². The van der Waals surface area contributed by atoms with Crippen molar-refractivity contribution in [1.82, 2.24) is 10.0 Å².